The van der Waals surface area contributed by atoms with Crippen molar-refractivity contribution in [2.75, 3.05) is 19.7 Å². The zero-order valence-electron chi connectivity index (χ0n) is 17.3. The molecule has 3 aromatic rings. The lowest BCUT2D eigenvalue weighted by Gasteiger charge is -2.30. The maximum atomic E-state index is 12.5. The van der Waals surface area contributed by atoms with E-state index in [2.05, 4.69) is 18.8 Å². The van der Waals surface area contributed by atoms with Crippen LogP contribution in [0.5, 0.6) is 0 Å². The molecule has 0 saturated carbocycles. The molecule has 6 nitrogen and oxygen atoms in total. The van der Waals surface area contributed by atoms with Crippen LogP contribution in [-0.4, -0.2) is 41.5 Å². The van der Waals surface area contributed by atoms with Crippen LogP contribution < -0.4 is 0 Å². The Morgan fingerprint density at radius 2 is 1.80 bits per heavy atom. The van der Waals surface area contributed by atoms with E-state index in [0.29, 0.717) is 24.6 Å². The highest BCUT2D eigenvalue weighted by molar-refractivity contribution is 5.91. The number of hydrogen-bond donors (Lipinski definition) is 0. The van der Waals surface area contributed by atoms with Gasteiger partial charge in [0.25, 0.3) is 5.91 Å². The first-order valence-electron chi connectivity index (χ1n) is 10.4. The number of likely N-dealkylation sites (tertiary alicyclic amines) is 1. The third-order valence-electron chi connectivity index (χ3n) is 5.65. The summed E-state index contributed by atoms with van der Waals surface area (Å²) in [6.45, 7) is 5.16. The Bertz CT molecular complexity index is 998. The molecule has 4 rings (SSSR count). The van der Waals surface area contributed by atoms with Crippen LogP contribution in [0.4, 0.5) is 0 Å². The van der Waals surface area contributed by atoms with E-state index >= 15 is 0 Å². The first-order valence-corrected chi connectivity index (χ1v) is 10.4. The molecule has 156 valence electrons. The van der Waals surface area contributed by atoms with Crippen molar-refractivity contribution in [3.05, 3.63) is 65.5 Å². The van der Waals surface area contributed by atoms with Gasteiger partial charge in [-0.1, -0.05) is 38.1 Å². The summed E-state index contributed by atoms with van der Waals surface area (Å²) < 4.78 is 11.1. The Balaban J connectivity index is 1.27. The zero-order chi connectivity index (χ0) is 21.1. The largest absolute Gasteiger partial charge is 0.452 e. The molecule has 0 unspecified atom stereocenters. The number of hydrogen-bond acceptors (Lipinski definition) is 5. The Morgan fingerprint density at radius 1 is 1.10 bits per heavy atom. The molecule has 0 atom stereocenters. The number of carbonyl (C=O) groups excluding carboxylic acids is 2. The monoisotopic (exact) mass is 406 g/mol. The third kappa shape index (κ3) is 4.37. The van der Waals surface area contributed by atoms with Crippen molar-refractivity contribution < 1.29 is 18.7 Å². The average Bonchev–Trinajstić information content (AvgIpc) is 3.21. The van der Waals surface area contributed by atoms with Gasteiger partial charge in [0.2, 0.25) is 0 Å². The van der Waals surface area contributed by atoms with E-state index in [9.17, 15) is 9.59 Å². The molecule has 1 fully saturated rings. The highest BCUT2D eigenvalue weighted by Crippen LogP contribution is 2.30. The number of para-hydroxylation sites is 2. The van der Waals surface area contributed by atoms with Crippen molar-refractivity contribution in [1.29, 1.82) is 0 Å². The van der Waals surface area contributed by atoms with Gasteiger partial charge in [0.05, 0.1) is 5.56 Å². The topological polar surface area (TPSA) is 72.6 Å². The predicted octanol–water partition coefficient (Wildman–Crippen LogP) is 4.51. The van der Waals surface area contributed by atoms with Gasteiger partial charge in [-0.15, -0.1) is 0 Å². The molecular weight excluding hydrogens is 380 g/mol. The summed E-state index contributed by atoms with van der Waals surface area (Å²) in [5.74, 6) is 0.690. The molecule has 1 amide bonds. The Hall–Kier alpha value is -3.15. The molecule has 1 aliphatic heterocycles. The van der Waals surface area contributed by atoms with Crippen LogP contribution in [0.1, 0.15) is 60.3 Å². The summed E-state index contributed by atoms with van der Waals surface area (Å²) in [6, 6.07) is 15.0. The lowest BCUT2D eigenvalue weighted by molar-refractivity contribution is -0.135. The molecule has 2 heterocycles. The molecule has 0 aliphatic carbocycles. The maximum absolute atomic E-state index is 12.5. The van der Waals surface area contributed by atoms with E-state index in [1.807, 2.05) is 36.4 Å². The highest BCUT2D eigenvalue weighted by atomic mass is 16.5. The van der Waals surface area contributed by atoms with Gasteiger partial charge in [-0.05, 0) is 48.6 Å². The van der Waals surface area contributed by atoms with E-state index in [0.717, 1.165) is 35.4 Å². The van der Waals surface area contributed by atoms with Crippen molar-refractivity contribution in [3.8, 4) is 0 Å². The van der Waals surface area contributed by atoms with Crippen molar-refractivity contribution in [2.45, 2.75) is 38.5 Å². The maximum Gasteiger partial charge on any atom is 0.338 e. The molecule has 1 saturated heterocycles. The summed E-state index contributed by atoms with van der Waals surface area (Å²) in [6.07, 6.45) is 1.56. The number of rotatable bonds is 5. The average molecular weight is 406 g/mol. The van der Waals surface area contributed by atoms with Gasteiger partial charge in [-0.2, -0.15) is 0 Å². The van der Waals surface area contributed by atoms with E-state index in [1.54, 1.807) is 17.0 Å². The summed E-state index contributed by atoms with van der Waals surface area (Å²) in [7, 11) is 0. The van der Waals surface area contributed by atoms with E-state index in [-0.39, 0.29) is 18.4 Å². The van der Waals surface area contributed by atoms with E-state index in [4.69, 9.17) is 9.15 Å². The SMILES string of the molecule is CC(C)c1ccc(C(=O)OCC(=O)N2CCC(c3nc4ccccc4o3)CC2)cc1. The lowest BCUT2D eigenvalue weighted by Crippen LogP contribution is -2.40. The van der Waals surface area contributed by atoms with Crippen LogP contribution in [0.3, 0.4) is 0 Å². The highest BCUT2D eigenvalue weighted by Gasteiger charge is 2.27. The summed E-state index contributed by atoms with van der Waals surface area (Å²) in [4.78, 5) is 31.0. The van der Waals surface area contributed by atoms with Gasteiger partial charge in [-0.25, -0.2) is 9.78 Å². The van der Waals surface area contributed by atoms with Gasteiger partial charge in [0.15, 0.2) is 18.1 Å². The number of nitrogens with zero attached hydrogens (tertiary/aromatic N) is 2. The minimum Gasteiger partial charge on any atom is -0.452 e. The molecular formula is C24H26N2O4. The third-order valence-corrected chi connectivity index (χ3v) is 5.65. The standard InChI is InChI=1S/C24H26N2O4/c1-16(2)17-7-9-19(10-8-17)24(28)29-15-22(27)26-13-11-18(12-14-26)23-25-20-5-3-4-6-21(20)30-23/h3-10,16,18H,11-15H2,1-2H3. The van der Waals surface area contributed by atoms with Crippen molar-refractivity contribution in [3.63, 3.8) is 0 Å². The van der Waals surface area contributed by atoms with E-state index in [1.165, 1.54) is 0 Å². The van der Waals surface area contributed by atoms with Gasteiger partial charge >= 0.3 is 5.97 Å². The van der Waals surface area contributed by atoms with Gasteiger partial charge in [0, 0.05) is 19.0 Å². The number of piperidine rings is 1. The molecule has 1 aromatic heterocycles. The first kappa shape index (κ1) is 20.1. The van der Waals surface area contributed by atoms with Crippen molar-refractivity contribution in [2.24, 2.45) is 0 Å². The fourth-order valence-corrected chi connectivity index (χ4v) is 3.75. The fraction of sp³-hybridized carbons (Fsp3) is 0.375. The number of oxazole rings is 1. The normalized spacial score (nSPS) is 15.0. The van der Waals surface area contributed by atoms with Crippen LogP contribution >= 0.6 is 0 Å². The van der Waals surface area contributed by atoms with Crippen molar-refractivity contribution in [1.82, 2.24) is 9.88 Å². The van der Waals surface area contributed by atoms with Crippen LogP contribution in [0.2, 0.25) is 0 Å². The molecule has 1 aliphatic rings. The lowest BCUT2D eigenvalue weighted by atomic mass is 9.97. The number of carbonyl (C=O) groups is 2. The number of benzene rings is 2. The second kappa shape index (κ2) is 8.69. The minimum absolute atomic E-state index is 0.168. The number of esters is 1. The van der Waals surface area contributed by atoms with E-state index < -0.39 is 5.97 Å². The molecule has 2 aromatic carbocycles. The van der Waals surface area contributed by atoms with Crippen molar-refractivity contribution >= 4 is 23.0 Å². The summed E-state index contributed by atoms with van der Waals surface area (Å²) in [5, 5.41) is 0. The summed E-state index contributed by atoms with van der Waals surface area (Å²) in [5.41, 5.74) is 3.27. The fourth-order valence-electron chi connectivity index (χ4n) is 3.75. The van der Waals surface area contributed by atoms with Gasteiger partial charge in [0.1, 0.15) is 5.52 Å². The quantitative estimate of drug-likeness (QED) is 0.583. The minimum atomic E-state index is -0.472. The number of amides is 1. The molecule has 6 heteroatoms. The molecule has 30 heavy (non-hydrogen) atoms. The molecule has 0 bridgehead atoms. The summed E-state index contributed by atoms with van der Waals surface area (Å²) >= 11 is 0. The van der Waals surface area contributed by atoms with Crippen LogP contribution in [-0.2, 0) is 9.53 Å². The zero-order valence-corrected chi connectivity index (χ0v) is 17.3. The number of aromatic nitrogens is 1. The first-order chi connectivity index (χ1) is 14.5. The van der Waals surface area contributed by atoms with Crippen LogP contribution in [0.15, 0.2) is 52.9 Å². The Labute approximate surface area is 175 Å². The molecule has 0 N–H and O–H groups in total. The number of ether oxygens (including phenoxy) is 1. The van der Waals surface area contributed by atoms with Crippen LogP contribution in [0, 0.1) is 0 Å². The Morgan fingerprint density at radius 3 is 2.47 bits per heavy atom. The van der Waals surface area contributed by atoms with Gasteiger partial charge in [-0.3, -0.25) is 4.79 Å². The smallest absolute Gasteiger partial charge is 0.338 e. The van der Waals surface area contributed by atoms with Crippen LogP contribution in [0.25, 0.3) is 11.1 Å². The second-order valence-corrected chi connectivity index (χ2v) is 8.03. The Kier molecular flexibility index (Phi) is 5.84. The number of fused-ring (bicyclic) bond motifs is 1. The molecule has 0 spiro atoms. The predicted molar refractivity (Wildman–Crippen MR) is 113 cm³/mol. The molecule has 0 radical (unpaired) electrons. The second-order valence-electron chi connectivity index (χ2n) is 8.03. The van der Waals surface area contributed by atoms with Gasteiger partial charge < -0.3 is 14.1 Å².